The molecular formula is C23H24FN5O2. The lowest BCUT2D eigenvalue weighted by molar-refractivity contribution is 0.0715. The van der Waals surface area contributed by atoms with E-state index in [1.807, 2.05) is 25.1 Å². The summed E-state index contributed by atoms with van der Waals surface area (Å²) in [4.78, 5) is 33.7. The molecule has 0 spiro atoms. The van der Waals surface area contributed by atoms with Crippen LogP contribution in [0.25, 0.3) is 5.82 Å². The van der Waals surface area contributed by atoms with Gasteiger partial charge in [-0.25, -0.2) is 14.1 Å². The van der Waals surface area contributed by atoms with Gasteiger partial charge in [0.05, 0.1) is 23.0 Å². The minimum absolute atomic E-state index is 0.0622. The Kier molecular flexibility index (Phi) is 6.06. The molecule has 1 fully saturated rings. The molecule has 8 heteroatoms. The summed E-state index contributed by atoms with van der Waals surface area (Å²) in [6.45, 7) is 3.72. The van der Waals surface area contributed by atoms with E-state index in [2.05, 4.69) is 10.1 Å². The fourth-order valence-corrected chi connectivity index (χ4v) is 3.87. The molecular weight excluding hydrogens is 397 g/mol. The Hall–Kier alpha value is -3.55. The zero-order valence-electron chi connectivity index (χ0n) is 17.4. The molecule has 0 N–H and O–H groups in total. The molecule has 160 valence electrons. The van der Waals surface area contributed by atoms with Gasteiger partial charge in [0, 0.05) is 32.4 Å². The quantitative estimate of drug-likeness (QED) is 0.649. The fraction of sp³-hybridized carbons (Fsp3) is 0.304. The fourth-order valence-electron chi connectivity index (χ4n) is 3.87. The second-order valence-corrected chi connectivity index (χ2v) is 7.38. The van der Waals surface area contributed by atoms with E-state index in [1.54, 1.807) is 39.0 Å². The number of rotatable bonds is 4. The number of carbonyl (C=O) groups excluding carboxylic acids is 2. The van der Waals surface area contributed by atoms with Crippen molar-refractivity contribution in [2.45, 2.75) is 19.8 Å². The Bertz CT molecular complexity index is 1080. The van der Waals surface area contributed by atoms with Crippen LogP contribution in [0.4, 0.5) is 4.39 Å². The largest absolute Gasteiger partial charge is 0.337 e. The number of halogens is 1. The van der Waals surface area contributed by atoms with E-state index in [0.29, 0.717) is 50.4 Å². The zero-order chi connectivity index (χ0) is 21.8. The third-order valence-electron chi connectivity index (χ3n) is 5.48. The van der Waals surface area contributed by atoms with Gasteiger partial charge in [0.1, 0.15) is 5.82 Å². The van der Waals surface area contributed by atoms with Gasteiger partial charge in [0.15, 0.2) is 5.82 Å². The van der Waals surface area contributed by atoms with Crippen LogP contribution in [0.15, 0.2) is 54.9 Å². The molecule has 1 aromatic carbocycles. The lowest BCUT2D eigenvalue weighted by Gasteiger charge is -2.22. The number of carbonyl (C=O) groups is 2. The second kappa shape index (κ2) is 9.07. The van der Waals surface area contributed by atoms with Crippen molar-refractivity contribution < 1.29 is 14.0 Å². The van der Waals surface area contributed by atoms with Crippen molar-refractivity contribution in [2.24, 2.45) is 0 Å². The molecule has 0 atom stereocenters. The first-order chi connectivity index (χ1) is 15.1. The number of nitrogens with zero attached hydrogens (tertiary/aromatic N) is 5. The van der Waals surface area contributed by atoms with E-state index in [4.69, 9.17) is 0 Å². The van der Waals surface area contributed by atoms with E-state index < -0.39 is 5.82 Å². The zero-order valence-corrected chi connectivity index (χ0v) is 17.4. The van der Waals surface area contributed by atoms with Crippen molar-refractivity contribution in [1.29, 1.82) is 0 Å². The van der Waals surface area contributed by atoms with Crippen LogP contribution >= 0.6 is 0 Å². The third-order valence-corrected chi connectivity index (χ3v) is 5.48. The van der Waals surface area contributed by atoms with Crippen LogP contribution in [-0.4, -0.2) is 62.6 Å². The Morgan fingerprint density at radius 3 is 2.26 bits per heavy atom. The summed E-state index contributed by atoms with van der Waals surface area (Å²) in [5.41, 5.74) is 1.40. The first-order valence-electron chi connectivity index (χ1n) is 10.4. The molecule has 3 heterocycles. The van der Waals surface area contributed by atoms with Gasteiger partial charge in [0.25, 0.3) is 11.8 Å². The standard InChI is InChI=1S/C23H24FN5O2/c1-2-20-18(16-26-29(20)21-10-5-6-11-25-21)23(31)28-13-7-12-27(14-15-28)22(30)17-8-3-4-9-19(17)24/h3-6,8-11,16H,2,7,12-15H2,1H3. The predicted molar refractivity (Wildman–Crippen MR) is 114 cm³/mol. The summed E-state index contributed by atoms with van der Waals surface area (Å²) in [6.07, 6.45) is 4.53. The molecule has 7 nitrogen and oxygen atoms in total. The summed E-state index contributed by atoms with van der Waals surface area (Å²) in [5, 5.41) is 4.39. The number of pyridine rings is 1. The average molecular weight is 421 g/mol. The molecule has 0 unspecified atom stereocenters. The van der Waals surface area contributed by atoms with Crippen LogP contribution in [0.2, 0.25) is 0 Å². The Balaban J connectivity index is 1.50. The maximum Gasteiger partial charge on any atom is 0.257 e. The monoisotopic (exact) mass is 421 g/mol. The molecule has 0 radical (unpaired) electrons. The molecule has 1 aliphatic rings. The molecule has 0 bridgehead atoms. The maximum atomic E-state index is 14.0. The van der Waals surface area contributed by atoms with Crippen LogP contribution in [-0.2, 0) is 6.42 Å². The first kappa shape index (κ1) is 20.7. The van der Waals surface area contributed by atoms with Gasteiger partial charge < -0.3 is 9.80 Å². The van der Waals surface area contributed by atoms with Gasteiger partial charge in [-0.2, -0.15) is 5.10 Å². The predicted octanol–water partition coefficient (Wildman–Crippen LogP) is 2.96. The van der Waals surface area contributed by atoms with Crippen molar-refractivity contribution in [1.82, 2.24) is 24.6 Å². The molecule has 1 aliphatic heterocycles. The summed E-state index contributed by atoms with van der Waals surface area (Å²) in [7, 11) is 0. The molecule has 4 rings (SSSR count). The van der Waals surface area contributed by atoms with E-state index in [9.17, 15) is 14.0 Å². The summed E-state index contributed by atoms with van der Waals surface area (Å²) >= 11 is 0. The van der Waals surface area contributed by atoms with Gasteiger partial charge in [-0.1, -0.05) is 25.1 Å². The Labute approximate surface area is 180 Å². The summed E-state index contributed by atoms with van der Waals surface area (Å²) in [5.74, 6) is -0.320. The molecule has 2 amide bonds. The maximum absolute atomic E-state index is 14.0. The van der Waals surface area contributed by atoms with Crippen LogP contribution in [0.1, 0.15) is 39.8 Å². The van der Waals surface area contributed by atoms with Gasteiger partial charge in [0.2, 0.25) is 0 Å². The van der Waals surface area contributed by atoms with E-state index in [0.717, 1.165) is 5.69 Å². The van der Waals surface area contributed by atoms with Crippen LogP contribution in [0.5, 0.6) is 0 Å². The topological polar surface area (TPSA) is 71.3 Å². The van der Waals surface area contributed by atoms with Crippen molar-refractivity contribution in [3.63, 3.8) is 0 Å². The smallest absolute Gasteiger partial charge is 0.257 e. The molecule has 1 saturated heterocycles. The van der Waals surface area contributed by atoms with E-state index in [1.165, 1.54) is 12.1 Å². The van der Waals surface area contributed by atoms with Crippen molar-refractivity contribution in [2.75, 3.05) is 26.2 Å². The van der Waals surface area contributed by atoms with Crippen LogP contribution in [0, 0.1) is 5.82 Å². The van der Waals surface area contributed by atoms with Gasteiger partial charge in [-0.15, -0.1) is 0 Å². The Morgan fingerprint density at radius 1 is 0.935 bits per heavy atom. The highest BCUT2D eigenvalue weighted by molar-refractivity contribution is 5.96. The highest BCUT2D eigenvalue weighted by Gasteiger charge is 2.27. The average Bonchev–Trinajstić information content (AvgIpc) is 3.08. The number of benzene rings is 1. The van der Waals surface area contributed by atoms with E-state index in [-0.39, 0.29) is 17.4 Å². The number of amides is 2. The molecule has 2 aromatic heterocycles. The van der Waals surface area contributed by atoms with Crippen LogP contribution < -0.4 is 0 Å². The lowest BCUT2D eigenvalue weighted by atomic mass is 10.1. The second-order valence-electron chi connectivity index (χ2n) is 7.38. The lowest BCUT2D eigenvalue weighted by Crippen LogP contribution is -2.37. The normalized spacial score (nSPS) is 14.4. The Morgan fingerprint density at radius 2 is 1.61 bits per heavy atom. The molecule has 0 saturated carbocycles. The highest BCUT2D eigenvalue weighted by Crippen LogP contribution is 2.18. The number of aromatic nitrogens is 3. The highest BCUT2D eigenvalue weighted by atomic mass is 19.1. The number of hydrogen-bond acceptors (Lipinski definition) is 4. The molecule has 3 aromatic rings. The van der Waals surface area contributed by atoms with Crippen molar-refractivity contribution >= 4 is 11.8 Å². The minimum Gasteiger partial charge on any atom is -0.337 e. The first-order valence-corrected chi connectivity index (χ1v) is 10.4. The van der Waals surface area contributed by atoms with Crippen molar-refractivity contribution in [3.05, 3.63) is 77.5 Å². The van der Waals surface area contributed by atoms with Gasteiger partial charge >= 0.3 is 0 Å². The van der Waals surface area contributed by atoms with E-state index >= 15 is 0 Å². The minimum atomic E-state index is -0.529. The molecule has 31 heavy (non-hydrogen) atoms. The van der Waals surface area contributed by atoms with Gasteiger partial charge in [-0.3, -0.25) is 9.59 Å². The van der Waals surface area contributed by atoms with Gasteiger partial charge in [-0.05, 0) is 37.1 Å². The third kappa shape index (κ3) is 4.19. The van der Waals surface area contributed by atoms with Crippen molar-refractivity contribution in [3.8, 4) is 5.82 Å². The molecule has 0 aliphatic carbocycles. The summed E-state index contributed by atoms with van der Waals surface area (Å²) < 4.78 is 15.7. The summed E-state index contributed by atoms with van der Waals surface area (Å²) in [6, 6.07) is 11.5. The number of hydrogen-bond donors (Lipinski definition) is 0. The SMILES string of the molecule is CCc1c(C(=O)N2CCCN(C(=O)c3ccccc3F)CC2)cnn1-c1ccccn1. The van der Waals surface area contributed by atoms with Crippen LogP contribution in [0.3, 0.4) is 0 Å².